The maximum atomic E-state index is 11.9. The minimum absolute atomic E-state index is 0.0255. The Morgan fingerprint density at radius 1 is 1.32 bits per heavy atom. The molecule has 1 amide bonds. The predicted molar refractivity (Wildman–Crippen MR) is 89.0 cm³/mol. The van der Waals surface area contributed by atoms with Crippen molar-refractivity contribution in [3.63, 3.8) is 0 Å². The number of benzene rings is 1. The van der Waals surface area contributed by atoms with Gasteiger partial charge in [0.05, 0.1) is 6.10 Å². The molecule has 0 aliphatic rings. The van der Waals surface area contributed by atoms with Crippen LogP contribution in [0, 0.1) is 5.92 Å². The van der Waals surface area contributed by atoms with Gasteiger partial charge in [-0.15, -0.1) is 0 Å². The molecule has 0 spiro atoms. The second-order valence-corrected chi connectivity index (χ2v) is 6.17. The Bertz CT molecular complexity index is 437. The third kappa shape index (κ3) is 7.02. The van der Waals surface area contributed by atoms with E-state index >= 15 is 0 Å². The Kier molecular flexibility index (Phi) is 8.09. The normalized spacial score (nSPS) is 13.9. The summed E-state index contributed by atoms with van der Waals surface area (Å²) in [6, 6.07) is 9.46. The van der Waals surface area contributed by atoms with E-state index in [0.717, 1.165) is 12.0 Å². The summed E-state index contributed by atoms with van der Waals surface area (Å²) in [5.74, 6) is 0.528. The molecule has 0 aliphatic carbocycles. The summed E-state index contributed by atoms with van der Waals surface area (Å²) in [6.07, 6.45) is 1.27. The number of amides is 1. The predicted octanol–water partition coefficient (Wildman–Crippen LogP) is 1.32. The molecule has 0 saturated heterocycles. The van der Waals surface area contributed by atoms with Crippen molar-refractivity contribution in [2.45, 2.75) is 45.3 Å². The van der Waals surface area contributed by atoms with Gasteiger partial charge in [-0.1, -0.05) is 44.2 Å². The van der Waals surface area contributed by atoms with Crippen LogP contribution in [0.3, 0.4) is 0 Å². The van der Waals surface area contributed by atoms with Crippen LogP contribution in [0.25, 0.3) is 0 Å². The number of rotatable bonds is 9. The minimum Gasteiger partial charge on any atom is -0.390 e. The van der Waals surface area contributed by atoms with Gasteiger partial charge in [0.1, 0.15) is 0 Å². The molecule has 22 heavy (non-hydrogen) atoms. The summed E-state index contributed by atoms with van der Waals surface area (Å²) in [5, 5.41) is 11.5. The Morgan fingerprint density at radius 2 is 1.95 bits per heavy atom. The van der Waals surface area contributed by atoms with E-state index in [1.165, 1.54) is 5.01 Å². The molecular formula is C17H29N3O2. The summed E-state index contributed by atoms with van der Waals surface area (Å²) < 4.78 is 0. The number of carbonyl (C=O) groups is 1. The van der Waals surface area contributed by atoms with E-state index in [9.17, 15) is 9.90 Å². The highest BCUT2D eigenvalue weighted by atomic mass is 16.3. The first kappa shape index (κ1) is 18.6. The van der Waals surface area contributed by atoms with Crippen LogP contribution in [0.1, 0.15) is 32.3 Å². The number of carbonyl (C=O) groups excluding carboxylic acids is 1. The van der Waals surface area contributed by atoms with Gasteiger partial charge in [-0.2, -0.15) is 0 Å². The number of hydrogen-bond donors (Lipinski definition) is 3. The largest absolute Gasteiger partial charge is 0.390 e. The molecule has 0 aliphatic heterocycles. The Hall–Kier alpha value is -1.43. The van der Waals surface area contributed by atoms with E-state index in [-0.39, 0.29) is 18.5 Å². The molecule has 0 heterocycles. The molecular weight excluding hydrogens is 278 g/mol. The maximum Gasteiger partial charge on any atom is 0.236 e. The zero-order valence-electron chi connectivity index (χ0n) is 13.8. The third-order valence-electron chi connectivity index (χ3n) is 3.66. The van der Waals surface area contributed by atoms with Crippen molar-refractivity contribution in [1.29, 1.82) is 0 Å². The Morgan fingerprint density at radius 3 is 2.55 bits per heavy atom. The molecule has 0 bridgehead atoms. The smallest absolute Gasteiger partial charge is 0.236 e. The topological polar surface area (TPSA) is 78.6 Å². The molecule has 1 rings (SSSR count). The van der Waals surface area contributed by atoms with Gasteiger partial charge in [0.15, 0.2) is 0 Å². The quantitative estimate of drug-likeness (QED) is 0.601. The highest BCUT2D eigenvalue weighted by Gasteiger charge is 2.17. The van der Waals surface area contributed by atoms with E-state index in [0.29, 0.717) is 18.8 Å². The van der Waals surface area contributed by atoms with Gasteiger partial charge in [-0.25, -0.2) is 5.43 Å². The zero-order chi connectivity index (χ0) is 16.5. The van der Waals surface area contributed by atoms with Gasteiger partial charge in [0, 0.05) is 26.1 Å². The van der Waals surface area contributed by atoms with Gasteiger partial charge in [0.25, 0.3) is 0 Å². The van der Waals surface area contributed by atoms with Crippen LogP contribution in [0.5, 0.6) is 0 Å². The fraction of sp³-hybridized carbons (Fsp3) is 0.588. The van der Waals surface area contributed by atoms with Crippen molar-refractivity contribution in [3.8, 4) is 0 Å². The van der Waals surface area contributed by atoms with Crippen molar-refractivity contribution in [2.24, 2.45) is 11.7 Å². The number of nitrogens with zero attached hydrogens (tertiary/aromatic N) is 1. The van der Waals surface area contributed by atoms with Crippen LogP contribution in [0.2, 0.25) is 0 Å². The number of hydrazine groups is 1. The first-order valence-corrected chi connectivity index (χ1v) is 7.87. The van der Waals surface area contributed by atoms with E-state index in [1.807, 2.05) is 30.3 Å². The number of hydrogen-bond acceptors (Lipinski definition) is 4. The number of aliphatic hydroxyl groups excluding tert-OH is 1. The van der Waals surface area contributed by atoms with E-state index in [2.05, 4.69) is 19.3 Å². The van der Waals surface area contributed by atoms with Crippen LogP contribution >= 0.6 is 0 Å². The molecule has 0 aromatic heterocycles. The lowest BCUT2D eigenvalue weighted by Crippen LogP contribution is -2.49. The first-order valence-electron chi connectivity index (χ1n) is 7.87. The number of nitrogens with two attached hydrogens (primary N) is 1. The van der Waals surface area contributed by atoms with Crippen molar-refractivity contribution in [2.75, 3.05) is 13.6 Å². The fourth-order valence-electron chi connectivity index (χ4n) is 2.07. The van der Waals surface area contributed by atoms with Gasteiger partial charge < -0.3 is 10.8 Å². The van der Waals surface area contributed by atoms with Crippen LogP contribution in [0.4, 0.5) is 0 Å². The second kappa shape index (κ2) is 9.56. The minimum atomic E-state index is -0.708. The number of aliphatic hydroxyl groups is 1. The molecule has 2 atom stereocenters. The molecule has 0 saturated carbocycles. The Balaban J connectivity index is 2.32. The van der Waals surface area contributed by atoms with E-state index < -0.39 is 6.10 Å². The van der Waals surface area contributed by atoms with Crippen molar-refractivity contribution in [3.05, 3.63) is 35.9 Å². The number of nitrogens with one attached hydrogen (secondary N) is 1. The van der Waals surface area contributed by atoms with Crippen LogP contribution < -0.4 is 11.2 Å². The average molecular weight is 307 g/mol. The lowest BCUT2D eigenvalue weighted by molar-refractivity contribution is -0.133. The highest BCUT2D eigenvalue weighted by molar-refractivity contribution is 5.75. The third-order valence-corrected chi connectivity index (χ3v) is 3.66. The lowest BCUT2D eigenvalue weighted by atomic mass is 10.0. The Labute approximate surface area is 133 Å². The summed E-state index contributed by atoms with van der Waals surface area (Å²) >= 11 is 0. The van der Waals surface area contributed by atoms with Crippen molar-refractivity contribution >= 4 is 5.91 Å². The summed E-state index contributed by atoms with van der Waals surface area (Å²) in [4.78, 5) is 11.9. The summed E-state index contributed by atoms with van der Waals surface area (Å²) in [7, 11) is 1.68. The first-order chi connectivity index (χ1) is 10.4. The second-order valence-electron chi connectivity index (χ2n) is 6.17. The van der Waals surface area contributed by atoms with Gasteiger partial charge >= 0.3 is 0 Å². The van der Waals surface area contributed by atoms with Gasteiger partial charge in [0.2, 0.25) is 5.91 Å². The van der Waals surface area contributed by atoms with Crippen LogP contribution in [-0.2, 0) is 11.2 Å². The molecule has 124 valence electrons. The molecule has 5 heteroatoms. The summed E-state index contributed by atoms with van der Waals surface area (Å²) in [6.45, 7) is 4.44. The van der Waals surface area contributed by atoms with Crippen LogP contribution in [0.15, 0.2) is 30.3 Å². The van der Waals surface area contributed by atoms with E-state index in [1.54, 1.807) is 7.05 Å². The average Bonchev–Trinajstić information content (AvgIpc) is 2.50. The SMILES string of the molecule is CC(C)CCC(=O)N(C)NCC(O)C(N)Cc1ccccc1. The van der Waals surface area contributed by atoms with Gasteiger partial charge in [-0.05, 0) is 24.3 Å². The standard InChI is InChI=1S/C17H29N3O2/c1-13(2)9-10-17(22)20(3)19-12-16(21)15(18)11-14-7-5-4-6-8-14/h4-8,13,15-16,19,21H,9-12,18H2,1-3H3. The fourth-order valence-corrected chi connectivity index (χ4v) is 2.07. The van der Waals surface area contributed by atoms with Crippen LogP contribution in [-0.4, -0.2) is 41.8 Å². The van der Waals surface area contributed by atoms with Gasteiger partial charge in [-0.3, -0.25) is 9.80 Å². The highest BCUT2D eigenvalue weighted by Crippen LogP contribution is 2.06. The molecule has 1 aromatic carbocycles. The zero-order valence-corrected chi connectivity index (χ0v) is 13.8. The molecule has 0 radical (unpaired) electrons. The lowest BCUT2D eigenvalue weighted by Gasteiger charge is -2.24. The molecule has 4 N–H and O–H groups in total. The molecule has 1 aromatic rings. The molecule has 2 unspecified atom stereocenters. The molecule has 5 nitrogen and oxygen atoms in total. The summed E-state index contributed by atoms with van der Waals surface area (Å²) in [5.41, 5.74) is 10.0. The van der Waals surface area contributed by atoms with E-state index in [4.69, 9.17) is 5.73 Å². The van der Waals surface area contributed by atoms with Crippen molar-refractivity contribution < 1.29 is 9.90 Å². The van der Waals surface area contributed by atoms with Crippen molar-refractivity contribution in [1.82, 2.24) is 10.4 Å². The monoisotopic (exact) mass is 307 g/mol. The molecule has 0 fully saturated rings. The maximum absolute atomic E-state index is 11.9.